The van der Waals surface area contributed by atoms with Crippen LogP contribution in [0.15, 0.2) is 36.5 Å². The molecule has 1 atom stereocenters. The van der Waals surface area contributed by atoms with Gasteiger partial charge in [-0.1, -0.05) is 0 Å². The number of aromatic nitrogens is 1. The molecule has 0 saturated carbocycles. The maximum atomic E-state index is 13.8. The number of pyridine rings is 1. The zero-order chi connectivity index (χ0) is 19.8. The van der Waals surface area contributed by atoms with Gasteiger partial charge in [-0.05, 0) is 31.2 Å². The van der Waals surface area contributed by atoms with Gasteiger partial charge in [0.2, 0.25) is 0 Å². The summed E-state index contributed by atoms with van der Waals surface area (Å²) in [6.07, 6.45) is 1.25. The van der Waals surface area contributed by atoms with E-state index in [4.69, 9.17) is 5.26 Å². The van der Waals surface area contributed by atoms with Crippen molar-refractivity contribution in [3.63, 3.8) is 0 Å². The Balaban J connectivity index is 1.85. The molecule has 7 nitrogen and oxygen atoms in total. The third-order valence-corrected chi connectivity index (χ3v) is 4.21. The summed E-state index contributed by atoms with van der Waals surface area (Å²) in [5.74, 6) is -3.53. The van der Waals surface area contributed by atoms with Crippen molar-refractivity contribution in [3.8, 4) is 6.07 Å². The molecule has 9 heteroatoms. The second kappa shape index (κ2) is 6.57. The van der Waals surface area contributed by atoms with Crippen molar-refractivity contribution in [2.75, 3.05) is 6.54 Å². The van der Waals surface area contributed by atoms with E-state index in [1.807, 2.05) is 6.07 Å². The highest BCUT2D eigenvalue weighted by Crippen LogP contribution is 2.27. The van der Waals surface area contributed by atoms with E-state index in [9.17, 15) is 23.2 Å². The van der Waals surface area contributed by atoms with Gasteiger partial charge in [-0.2, -0.15) is 5.26 Å². The number of nitrogens with zero attached hydrogens (tertiary/aromatic N) is 3. The summed E-state index contributed by atoms with van der Waals surface area (Å²) in [6, 6.07) is 6.31. The Kier molecular flexibility index (Phi) is 4.41. The minimum Gasteiger partial charge on any atom is -0.318 e. The molecule has 0 bridgehead atoms. The van der Waals surface area contributed by atoms with Crippen molar-refractivity contribution >= 4 is 17.7 Å². The van der Waals surface area contributed by atoms with Crippen LogP contribution in [0.3, 0.4) is 0 Å². The van der Waals surface area contributed by atoms with Crippen molar-refractivity contribution in [1.82, 2.24) is 15.2 Å². The molecule has 3 amide bonds. The Morgan fingerprint density at radius 3 is 2.63 bits per heavy atom. The monoisotopic (exact) mass is 370 g/mol. The van der Waals surface area contributed by atoms with Crippen LogP contribution in [0.25, 0.3) is 0 Å². The van der Waals surface area contributed by atoms with Gasteiger partial charge in [0, 0.05) is 12.3 Å². The fraction of sp³-hybridized carbons (Fsp3) is 0.167. The number of nitrogens with one attached hydrogen (secondary N) is 1. The number of halogens is 2. The smallest absolute Gasteiger partial charge is 0.318 e. The second-order valence-corrected chi connectivity index (χ2v) is 6.04. The largest absolute Gasteiger partial charge is 0.325 e. The van der Waals surface area contributed by atoms with Gasteiger partial charge < -0.3 is 5.32 Å². The van der Waals surface area contributed by atoms with E-state index in [1.54, 1.807) is 0 Å². The number of carbonyl (C=O) groups excluding carboxylic acids is 3. The average Bonchev–Trinajstić information content (AvgIpc) is 2.85. The Morgan fingerprint density at radius 1 is 1.30 bits per heavy atom. The number of benzene rings is 1. The van der Waals surface area contributed by atoms with Crippen molar-refractivity contribution < 1.29 is 23.2 Å². The lowest BCUT2D eigenvalue weighted by molar-refractivity contribution is -0.130. The Bertz CT molecular complexity index is 1000. The number of carbonyl (C=O) groups is 3. The van der Waals surface area contributed by atoms with Gasteiger partial charge >= 0.3 is 6.03 Å². The molecule has 1 saturated heterocycles. The lowest BCUT2D eigenvalue weighted by Gasteiger charge is -2.20. The van der Waals surface area contributed by atoms with Crippen molar-refractivity contribution in [3.05, 3.63) is 65.0 Å². The molecule has 0 spiro atoms. The standard InChI is InChI=1S/C18H12F2N4O3/c1-18(15-5-2-10(7-21)8-22-15)16(26)24(17(27)23-18)9-14(25)12-4-3-11(19)6-13(12)20/h2-6,8H,9H2,1H3,(H,23,27). The molecular weight excluding hydrogens is 358 g/mol. The fourth-order valence-electron chi connectivity index (χ4n) is 2.71. The Morgan fingerprint density at radius 2 is 2.04 bits per heavy atom. The van der Waals surface area contributed by atoms with Crippen molar-refractivity contribution in [2.24, 2.45) is 0 Å². The minimum atomic E-state index is -1.54. The van der Waals surface area contributed by atoms with Crippen LogP contribution in [-0.2, 0) is 10.3 Å². The van der Waals surface area contributed by atoms with Crippen LogP contribution in [0.4, 0.5) is 13.6 Å². The minimum absolute atomic E-state index is 0.183. The molecule has 136 valence electrons. The molecule has 1 aliphatic rings. The topological polar surface area (TPSA) is 103 Å². The highest BCUT2D eigenvalue weighted by Gasteiger charge is 2.50. The number of rotatable bonds is 4. The summed E-state index contributed by atoms with van der Waals surface area (Å²) in [5.41, 5.74) is -1.50. The molecule has 1 unspecified atom stereocenters. The number of amides is 3. The van der Waals surface area contributed by atoms with Crippen LogP contribution >= 0.6 is 0 Å². The molecule has 1 aliphatic heterocycles. The Labute approximate surface area is 152 Å². The molecule has 1 aromatic heterocycles. The van der Waals surface area contributed by atoms with Crippen LogP contribution in [0.2, 0.25) is 0 Å². The zero-order valence-electron chi connectivity index (χ0n) is 14.0. The first-order chi connectivity index (χ1) is 12.8. The highest BCUT2D eigenvalue weighted by molar-refractivity contribution is 6.11. The van der Waals surface area contributed by atoms with Crippen LogP contribution in [0.1, 0.15) is 28.5 Å². The van der Waals surface area contributed by atoms with Gasteiger partial charge in [-0.25, -0.2) is 13.6 Å². The van der Waals surface area contributed by atoms with Crippen molar-refractivity contribution in [2.45, 2.75) is 12.5 Å². The second-order valence-electron chi connectivity index (χ2n) is 6.04. The third kappa shape index (κ3) is 3.13. The van der Waals surface area contributed by atoms with Gasteiger partial charge in [-0.3, -0.25) is 19.5 Å². The molecule has 0 radical (unpaired) electrons. The van der Waals surface area contributed by atoms with E-state index in [0.717, 1.165) is 12.1 Å². The van der Waals surface area contributed by atoms with Crippen LogP contribution in [0.5, 0.6) is 0 Å². The predicted octanol–water partition coefficient (Wildman–Crippen LogP) is 1.88. The van der Waals surface area contributed by atoms with Crippen LogP contribution in [0, 0.1) is 23.0 Å². The summed E-state index contributed by atoms with van der Waals surface area (Å²) in [7, 11) is 0. The van der Waals surface area contributed by atoms with Crippen LogP contribution < -0.4 is 5.32 Å². The van der Waals surface area contributed by atoms with E-state index in [0.29, 0.717) is 11.0 Å². The molecule has 2 aromatic rings. The normalized spacial score (nSPS) is 19.0. The lowest BCUT2D eigenvalue weighted by atomic mass is 9.96. The van der Waals surface area contributed by atoms with Crippen LogP contribution in [-0.4, -0.2) is 34.2 Å². The molecule has 27 heavy (non-hydrogen) atoms. The van der Waals surface area contributed by atoms with Gasteiger partial charge in [-0.15, -0.1) is 0 Å². The number of hydrogen-bond acceptors (Lipinski definition) is 5. The summed E-state index contributed by atoms with van der Waals surface area (Å²) in [6.45, 7) is 0.698. The van der Waals surface area contributed by atoms with E-state index < -0.39 is 47.0 Å². The van der Waals surface area contributed by atoms with Gasteiger partial charge in [0.25, 0.3) is 5.91 Å². The first-order valence-corrected chi connectivity index (χ1v) is 7.75. The fourth-order valence-corrected chi connectivity index (χ4v) is 2.71. The Hall–Kier alpha value is -3.67. The van der Waals surface area contributed by atoms with Gasteiger partial charge in [0.05, 0.1) is 23.4 Å². The van der Waals surface area contributed by atoms with Gasteiger partial charge in [0.15, 0.2) is 11.3 Å². The lowest BCUT2D eigenvalue weighted by Crippen LogP contribution is -2.42. The average molecular weight is 370 g/mol. The quantitative estimate of drug-likeness (QED) is 0.654. The maximum Gasteiger partial charge on any atom is 0.325 e. The van der Waals surface area contributed by atoms with E-state index in [2.05, 4.69) is 10.3 Å². The predicted molar refractivity (Wildman–Crippen MR) is 87.2 cm³/mol. The molecule has 0 aliphatic carbocycles. The number of Topliss-reactive ketones (excluding diaryl/α,β-unsaturated/α-hetero) is 1. The number of nitriles is 1. The number of urea groups is 1. The molecule has 1 N–H and O–H groups in total. The van der Waals surface area contributed by atoms with E-state index >= 15 is 0 Å². The van der Waals surface area contributed by atoms with E-state index in [-0.39, 0.29) is 11.3 Å². The molecular formula is C18H12F2N4O3. The maximum absolute atomic E-state index is 13.8. The zero-order valence-corrected chi connectivity index (χ0v) is 14.0. The summed E-state index contributed by atoms with van der Waals surface area (Å²) in [5, 5.41) is 11.3. The molecule has 1 fully saturated rings. The highest BCUT2D eigenvalue weighted by atomic mass is 19.1. The number of imide groups is 1. The van der Waals surface area contributed by atoms with Crippen molar-refractivity contribution in [1.29, 1.82) is 5.26 Å². The summed E-state index contributed by atoms with van der Waals surface area (Å²) < 4.78 is 26.7. The third-order valence-electron chi connectivity index (χ3n) is 4.21. The summed E-state index contributed by atoms with van der Waals surface area (Å²) >= 11 is 0. The molecule has 1 aromatic carbocycles. The number of hydrogen-bond donors (Lipinski definition) is 1. The molecule has 3 rings (SSSR count). The number of ketones is 1. The SMILES string of the molecule is CC1(c2ccc(C#N)cn2)NC(=O)N(CC(=O)c2ccc(F)cc2F)C1=O. The molecule has 2 heterocycles. The van der Waals surface area contributed by atoms with E-state index in [1.165, 1.54) is 25.3 Å². The first-order valence-electron chi connectivity index (χ1n) is 7.75. The first kappa shape index (κ1) is 18.1. The summed E-state index contributed by atoms with van der Waals surface area (Å²) in [4.78, 5) is 41.9. The van der Waals surface area contributed by atoms with Gasteiger partial charge in [0.1, 0.15) is 17.7 Å².